The van der Waals surface area contributed by atoms with E-state index in [0.29, 0.717) is 0 Å². The summed E-state index contributed by atoms with van der Waals surface area (Å²) >= 11 is 0. The summed E-state index contributed by atoms with van der Waals surface area (Å²) in [5.74, 6) is -2.13. The zero-order valence-corrected chi connectivity index (χ0v) is 13.0. The maximum absolute atomic E-state index is 11.4. The fourth-order valence-electron chi connectivity index (χ4n) is 0.900. The van der Waals surface area contributed by atoms with E-state index in [1.807, 2.05) is 0 Å². The number of rotatable bonds is 5. The largest absolute Gasteiger partial charge is 1.00 e. The van der Waals surface area contributed by atoms with Gasteiger partial charge in [0.25, 0.3) is 10.1 Å². The number of esters is 2. The summed E-state index contributed by atoms with van der Waals surface area (Å²) in [6, 6.07) is 0. The average Bonchev–Trinajstić information content (AvgIpc) is 2.16. The van der Waals surface area contributed by atoms with Gasteiger partial charge in [0.15, 0.2) is 0 Å². The minimum Gasteiger partial charge on any atom is -1.00 e. The Morgan fingerprint density at radius 3 is 2.18 bits per heavy atom. The van der Waals surface area contributed by atoms with Gasteiger partial charge < -0.3 is 10.9 Å². The van der Waals surface area contributed by atoms with Crippen molar-refractivity contribution in [2.45, 2.75) is 25.0 Å². The second kappa shape index (κ2) is 7.32. The van der Waals surface area contributed by atoms with E-state index < -0.39 is 33.2 Å². The van der Waals surface area contributed by atoms with Crippen LogP contribution in [0.15, 0.2) is 0 Å². The molecule has 0 heterocycles. The molecule has 1 N–H and O–H groups in total. The maximum Gasteiger partial charge on any atom is 1.00 e. The second-order valence-corrected chi connectivity index (χ2v) is 5.03. The van der Waals surface area contributed by atoms with Crippen LogP contribution in [0.2, 0.25) is 0 Å². The first-order chi connectivity index (χ1) is 7.19. The molecule has 0 aliphatic rings. The molecule has 0 spiro atoms. The Kier molecular flexibility index (Phi) is 8.27. The zero-order chi connectivity index (χ0) is 13.0. The topological polar surface area (TPSA) is 107 Å². The van der Waals surface area contributed by atoms with Crippen molar-refractivity contribution in [1.82, 2.24) is 0 Å². The van der Waals surface area contributed by atoms with Gasteiger partial charge in [-0.3, -0.25) is 14.1 Å². The fourth-order valence-corrected chi connectivity index (χ4v) is 1.47. The van der Waals surface area contributed by atoms with Gasteiger partial charge >= 0.3 is 41.5 Å². The molecule has 0 radical (unpaired) electrons. The maximum atomic E-state index is 11.4. The summed E-state index contributed by atoms with van der Waals surface area (Å²) in [4.78, 5) is 22.4. The Bertz CT molecular complexity index is 383. The second-order valence-electron chi connectivity index (χ2n) is 3.18. The Morgan fingerprint density at radius 2 is 1.88 bits per heavy atom. The number of ether oxygens (including phenoxy) is 2. The fraction of sp³-hybridized carbons (Fsp3) is 0.750. The van der Waals surface area contributed by atoms with Crippen LogP contribution in [0.4, 0.5) is 0 Å². The van der Waals surface area contributed by atoms with Crippen molar-refractivity contribution in [1.29, 1.82) is 0 Å². The number of carbonyl (C=O) groups excluding carboxylic acids is 2. The normalized spacial score (nSPS) is 14.1. The Balaban J connectivity index is -0.00000112. The monoisotopic (exact) mass is 278 g/mol. The van der Waals surface area contributed by atoms with Gasteiger partial charge in [-0.1, -0.05) is 0 Å². The summed E-state index contributed by atoms with van der Waals surface area (Å²) in [5.41, 5.74) is 0. The van der Waals surface area contributed by atoms with E-state index in [2.05, 4.69) is 9.47 Å². The molecule has 7 nitrogen and oxygen atoms in total. The van der Waals surface area contributed by atoms with Crippen LogP contribution in [0.1, 0.15) is 21.7 Å². The summed E-state index contributed by atoms with van der Waals surface area (Å²) < 4.78 is 37.5. The van der Waals surface area contributed by atoms with Crippen molar-refractivity contribution in [3.63, 3.8) is 0 Å². The van der Waals surface area contributed by atoms with Gasteiger partial charge in [-0.25, -0.2) is 0 Å². The number of hydrogen-bond acceptors (Lipinski definition) is 6. The molecule has 0 aliphatic carbocycles. The minimum atomic E-state index is -4.77. The molecule has 1 atom stereocenters. The van der Waals surface area contributed by atoms with Crippen molar-refractivity contribution in [3.8, 4) is 0 Å². The van der Waals surface area contributed by atoms with Gasteiger partial charge in [0.1, 0.15) is 0 Å². The molecule has 0 saturated carbocycles. The summed E-state index contributed by atoms with van der Waals surface area (Å²) in [5, 5.41) is 0. The summed E-state index contributed by atoms with van der Waals surface area (Å²) in [7, 11) is -3.73. The van der Waals surface area contributed by atoms with E-state index in [1.165, 1.54) is 6.92 Å². The zero-order valence-electron chi connectivity index (χ0n) is 11.2. The molecule has 0 aromatic rings. The molecule has 0 amide bonds. The van der Waals surface area contributed by atoms with Gasteiger partial charge in [-0.15, -0.1) is 0 Å². The third-order valence-corrected chi connectivity index (χ3v) is 3.44. The molecule has 0 fully saturated rings. The predicted octanol–water partition coefficient (Wildman–Crippen LogP) is -3.12. The molecule has 0 aliphatic heterocycles. The number of methoxy groups -OCH3 is 1. The van der Waals surface area contributed by atoms with Crippen molar-refractivity contribution in [2.75, 3.05) is 13.7 Å². The Morgan fingerprint density at radius 1 is 1.41 bits per heavy atom. The molecule has 96 valence electrons. The quantitative estimate of drug-likeness (QED) is 0.322. The molecule has 9 heteroatoms. The minimum absolute atomic E-state index is 0. The van der Waals surface area contributed by atoms with Gasteiger partial charge in [0, 0.05) is 0 Å². The van der Waals surface area contributed by atoms with Crippen LogP contribution in [0.3, 0.4) is 0 Å². The first-order valence-electron chi connectivity index (χ1n) is 4.40. The molecule has 17 heavy (non-hydrogen) atoms. The van der Waals surface area contributed by atoms with Crippen molar-refractivity contribution in [2.24, 2.45) is 0 Å². The first-order valence-corrected chi connectivity index (χ1v) is 5.84. The van der Waals surface area contributed by atoms with Crippen molar-refractivity contribution < 1.29 is 63.0 Å². The van der Waals surface area contributed by atoms with Crippen LogP contribution >= 0.6 is 0 Å². The first kappa shape index (κ1) is 19.2. The summed E-state index contributed by atoms with van der Waals surface area (Å²) in [6.45, 7) is 2.31. The third kappa shape index (κ3) is 4.92. The molecule has 0 aromatic carbocycles. The summed E-state index contributed by atoms with van der Waals surface area (Å²) in [6.07, 6.45) is -0.804. The van der Waals surface area contributed by atoms with Crippen LogP contribution in [0.25, 0.3) is 0 Å². The van der Waals surface area contributed by atoms with Crippen LogP contribution in [-0.4, -0.2) is 43.4 Å². The molecule has 0 saturated heterocycles. The smallest absolute Gasteiger partial charge is 1.00 e. The van der Waals surface area contributed by atoms with Gasteiger partial charge in [0.05, 0.1) is 20.1 Å². The Hall–Kier alpha value is -0.150. The number of hydrogen-bond donors (Lipinski definition) is 1. The molecule has 1 unspecified atom stereocenters. The van der Waals surface area contributed by atoms with E-state index in [0.717, 1.165) is 14.0 Å². The Labute approximate surface area is 123 Å². The van der Waals surface area contributed by atoms with Crippen LogP contribution in [0.5, 0.6) is 0 Å². The van der Waals surface area contributed by atoms with Crippen LogP contribution in [-0.2, 0) is 29.2 Å². The SMILES string of the molecule is CCOC(=O)C(C)(CC(=O)OC)S(=O)(=O)O.[H-].[Na+]. The third-order valence-electron chi connectivity index (χ3n) is 1.99. The van der Waals surface area contributed by atoms with Gasteiger partial charge in [0.2, 0.25) is 4.75 Å². The van der Waals surface area contributed by atoms with Gasteiger partial charge in [-0.2, -0.15) is 8.42 Å². The molecular formula is C8H15NaO7S. The molecule has 0 aromatic heterocycles. The van der Waals surface area contributed by atoms with Crippen molar-refractivity contribution >= 4 is 22.1 Å². The number of carbonyl (C=O) groups is 2. The van der Waals surface area contributed by atoms with Gasteiger partial charge in [-0.05, 0) is 13.8 Å². The van der Waals surface area contributed by atoms with E-state index in [-0.39, 0.29) is 37.6 Å². The average molecular weight is 278 g/mol. The van der Waals surface area contributed by atoms with E-state index in [9.17, 15) is 18.0 Å². The van der Waals surface area contributed by atoms with Crippen LogP contribution in [0, 0.1) is 0 Å². The van der Waals surface area contributed by atoms with E-state index in [4.69, 9.17) is 4.55 Å². The molecule has 0 rings (SSSR count). The van der Waals surface area contributed by atoms with E-state index in [1.54, 1.807) is 0 Å². The molecular weight excluding hydrogens is 263 g/mol. The van der Waals surface area contributed by atoms with E-state index >= 15 is 0 Å². The molecule has 0 bridgehead atoms. The predicted molar refractivity (Wildman–Crippen MR) is 54.3 cm³/mol. The standard InChI is InChI=1S/C8H14O7S.Na.H/c1-4-15-7(10)8(2,16(11,12)13)5-6(9)14-3;;/h4-5H2,1-3H3,(H,11,12,13);;/q;+1;-1. The van der Waals surface area contributed by atoms with Crippen molar-refractivity contribution in [3.05, 3.63) is 0 Å². The van der Waals surface area contributed by atoms with Crippen LogP contribution < -0.4 is 29.6 Å².